The van der Waals surface area contributed by atoms with Gasteiger partial charge in [0.2, 0.25) is 0 Å². The molecule has 1 saturated carbocycles. The van der Waals surface area contributed by atoms with Gasteiger partial charge in [0, 0.05) is 12.5 Å². The van der Waals surface area contributed by atoms with Crippen molar-refractivity contribution in [3.63, 3.8) is 0 Å². The zero-order chi connectivity index (χ0) is 14.5. The van der Waals surface area contributed by atoms with Crippen LogP contribution in [-0.4, -0.2) is 37.6 Å². The fourth-order valence-corrected chi connectivity index (χ4v) is 3.05. The molecule has 0 spiro atoms. The summed E-state index contributed by atoms with van der Waals surface area (Å²) in [6.45, 7) is 0.959. The van der Waals surface area contributed by atoms with Crippen LogP contribution < -0.4 is 0 Å². The van der Waals surface area contributed by atoms with Crippen LogP contribution in [0.1, 0.15) is 36.0 Å². The van der Waals surface area contributed by atoms with Gasteiger partial charge < -0.3 is 9.64 Å². The van der Waals surface area contributed by atoms with Crippen molar-refractivity contribution < 1.29 is 9.53 Å². The lowest BCUT2D eigenvalue weighted by Crippen LogP contribution is -2.36. The number of halogens is 1. The molecule has 0 amide bonds. The van der Waals surface area contributed by atoms with Crippen LogP contribution in [0.25, 0.3) is 0 Å². The van der Waals surface area contributed by atoms with Crippen molar-refractivity contribution in [2.75, 3.05) is 20.6 Å². The predicted molar refractivity (Wildman–Crippen MR) is 81.2 cm³/mol. The Bertz CT molecular complexity index is 462. The first-order chi connectivity index (χ1) is 9.58. The molecule has 0 saturated heterocycles. The smallest absolute Gasteiger partial charge is 0.339 e. The topological polar surface area (TPSA) is 29.5 Å². The summed E-state index contributed by atoms with van der Waals surface area (Å²) < 4.78 is 5.72. The summed E-state index contributed by atoms with van der Waals surface area (Å²) in [4.78, 5) is 14.4. The molecule has 1 aromatic carbocycles. The third kappa shape index (κ3) is 3.97. The van der Waals surface area contributed by atoms with Gasteiger partial charge in [-0.1, -0.05) is 30.2 Å². The average Bonchev–Trinajstić information content (AvgIpc) is 2.41. The standard InChI is InChI=1S/C16H22ClNO2/c1-18(2)11-12-7-3-6-10-15(12)20-16(19)13-8-4-5-9-14(13)17/h4-5,8-9,12,15H,3,6-7,10-11H2,1-2H3/t12-,15-/m0/s1. The van der Waals surface area contributed by atoms with Crippen LogP contribution in [0, 0.1) is 5.92 Å². The maximum atomic E-state index is 12.2. The van der Waals surface area contributed by atoms with E-state index in [1.54, 1.807) is 18.2 Å². The van der Waals surface area contributed by atoms with E-state index in [1.807, 2.05) is 6.07 Å². The van der Waals surface area contributed by atoms with Crippen LogP contribution in [0.2, 0.25) is 5.02 Å². The molecule has 1 aromatic rings. The summed E-state index contributed by atoms with van der Waals surface area (Å²) in [6, 6.07) is 7.06. The highest BCUT2D eigenvalue weighted by Crippen LogP contribution is 2.28. The minimum atomic E-state index is -0.300. The summed E-state index contributed by atoms with van der Waals surface area (Å²) in [5.41, 5.74) is 0.461. The number of benzene rings is 1. The largest absolute Gasteiger partial charge is 0.458 e. The van der Waals surface area contributed by atoms with Crippen LogP contribution in [0.5, 0.6) is 0 Å². The molecule has 0 aliphatic heterocycles. The lowest BCUT2D eigenvalue weighted by Gasteiger charge is -2.33. The highest BCUT2D eigenvalue weighted by atomic mass is 35.5. The van der Waals surface area contributed by atoms with Gasteiger partial charge in [0.25, 0.3) is 0 Å². The molecule has 0 aromatic heterocycles. The average molecular weight is 296 g/mol. The van der Waals surface area contributed by atoms with Crippen molar-refractivity contribution >= 4 is 17.6 Å². The number of carbonyl (C=O) groups excluding carboxylic acids is 1. The molecule has 1 aliphatic rings. The Morgan fingerprint density at radius 1 is 1.30 bits per heavy atom. The monoisotopic (exact) mass is 295 g/mol. The molecule has 4 heteroatoms. The molecule has 0 unspecified atom stereocenters. The zero-order valence-electron chi connectivity index (χ0n) is 12.1. The van der Waals surface area contributed by atoms with Gasteiger partial charge in [0.1, 0.15) is 6.10 Å². The Balaban J connectivity index is 2.03. The Kier molecular flexibility index (Phi) is 5.44. The maximum absolute atomic E-state index is 12.2. The number of hydrogen-bond donors (Lipinski definition) is 0. The van der Waals surface area contributed by atoms with E-state index < -0.39 is 0 Å². The van der Waals surface area contributed by atoms with Crippen molar-refractivity contribution in [2.45, 2.75) is 31.8 Å². The van der Waals surface area contributed by atoms with Gasteiger partial charge in [-0.3, -0.25) is 0 Å². The summed E-state index contributed by atoms with van der Waals surface area (Å²) in [5, 5.41) is 0.456. The molecule has 0 radical (unpaired) electrons. The molecule has 3 nitrogen and oxygen atoms in total. The highest BCUT2D eigenvalue weighted by Gasteiger charge is 2.29. The van der Waals surface area contributed by atoms with Crippen LogP contribution >= 0.6 is 11.6 Å². The number of ether oxygens (including phenoxy) is 1. The third-order valence-corrected chi connectivity index (χ3v) is 4.12. The normalized spacial score (nSPS) is 22.8. The Hall–Kier alpha value is -1.06. The minimum Gasteiger partial charge on any atom is -0.458 e. The molecule has 110 valence electrons. The Morgan fingerprint density at radius 2 is 2.00 bits per heavy atom. The van der Waals surface area contributed by atoms with E-state index in [2.05, 4.69) is 19.0 Å². The second-order valence-electron chi connectivity index (χ2n) is 5.73. The van der Waals surface area contributed by atoms with Crippen LogP contribution in [0.15, 0.2) is 24.3 Å². The van der Waals surface area contributed by atoms with Crippen LogP contribution in [0.3, 0.4) is 0 Å². The zero-order valence-corrected chi connectivity index (χ0v) is 12.9. The second kappa shape index (κ2) is 7.09. The first-order valence-corrected chi connectivity index (χ1v) is 7.56. The van der Waals surface area contributed by atoms with Crippen molar-refractivity contribution in [3.05, 3.63) is 34.9 Å². The second-order valence-corrected chi connectivity index (χ2v) is 6.14. The molecular formula is C16H22ClNO2. The Labute approximate surface area is 125 Å². The highest BCUT2D eigenvalue weighted by molar-refractivity contribution is 6.33. The number of esters is 1. The van der Waals surface area contributed by atoms with E-state index in [9.17, 15) is 4.79 Å². The third-order valence-electron chi connectivity index (χ3n) is 3.79. The van der Waals surface area contributed by atoms with Crippen LogP contribution in [0.4, 0.5) is 0 Å². The SMILES string of the molecule is CN(C)C[C@@H]1CCCC[C@@H]1OC(=O)c1ccccc1Cl. The fraction of sp³-hybridized carbons (Fsp3) is 0.562. The first-order valence-electron chi connectivity index (χ1n) is 7.18. The molecule has 0 bridgehead atoms. The molecule has 2 atom stereocenters. The lowest BCUT2D eigenvalue weighted by molar-refractivity contribution is -0.00322. The first kappa shape index (κ1) is 15.3. The molecule has 0 heterocycles. The number of carbonyl (C=O) groups is 1. The van der Waals surface area contributed by atoms with Gasteiger partial charge >= 0.3 is 5.97 Å². The van der Waals surface area contributed by atoms with E-state index in [1.165, 1.54) is 6.42 Å². The van der Waals surface area contributed by atoms with E-state index in [0.717, 1.165) is 25.8 Å². The van der Waals surface area contributed by atoms with Gasteiger partial charge in [0.05, 0.1) is 10.6 Å². The molecule has 20 heavy (non-hydrogen) atoms. The predicted octanol–water partition coefficient (Wildman–Crippen LogP) is 3.62. The summed E-state index contributed by atoms with van der Waals surface area (Å²) >= 11 is 6.05. The van der Waals surface area contributed by atoms with E-state index in [0.29, 0.717) is 16.5 Å². The number of hydrogen-bond acceptors (Lipinski definition) is 3. The van der Waals surface area contributed by atoms with Gasteiger partial charge in [-0.25, -0.2) is 4.79 Å². The van der Waals surface area contributed by atoms with Crippen molar-refractivity contribution in [1.29, 1.82) is 0 Å². The molecule has 2 rings (SSSR count). The van der Waals surface area contributed by atoms with Gasteiger partial charge in [-0.15, -0.1) is 0 Å². The van der Waals surface area contributed by atoms with Gasteiger partial charge in [-0.05, 0) is 45.5 Å². The van der Waals surface area contributed by atoms with Crippen molar-refractivity contribution in [2.24, 2.45) is 5.92 Å². The van der Waals surface area contributed by atoms with E-state index in [4.69, 9.17) is 16.3 Å². The van der Waals surface area contributed by atoms with Crippen molar-refractivity contribution in [1.82, 2.24) is 4.90 Å². The molecule has 1 fully saturated rings. The van der Waals surface area contributed by atoms with E-state index >= 15 is 0 Å². The quantitative estimate of drug-likeness (QED) is 0.795. The Morgan fingerprint density at radius 3 is 2.70 bits per heavy atom. The number of rotatable bonds is 4. The summed E-state index contributed by atoms with van der Waals surface area (Å²) in [7, 11) is 4.11. The summed E-state index contributed by atoms with van der Waals surface area (Å²) in [6.07, 6.45) is 4.44. The minimum absolute atomic E-state index is 0.00919. The molecular weight excluding hydrogens is 274 g/mol. The fourth-order valence-electron chi connectivity index (χ4n) is 2.83. The summed E-state index contributed by atoms with van der Waals surface area (Å²) in [5.74, 6) is 0.122. The van der Waals surface area contributed by atoms with E-state index in [-0.39, 0.29) is 12.1 Å². The maximum Gasteiger partial charge on any atom is 0.339 e. The van der Waals surface area contributed by atoms with Gasteiger partial charge in [-0.2, -0.15) is 0 Å². The molecule has 0 N–H and O–H groups in total. The van der Waals surface area contributed by atoms with Crippen molar-refractivity contribution in [3.8, 4) is 0 Å². The lowest BCUT2D eigenvalue weighted by atomic mass is 9.86. The van der Waals surface area contributed by atoms with Crippen LogP contribution in [-0.2, 0) is 4.74 Å². The number of nitrogens with zero attached hydrogens (tertiary/aromatic N) is 1. The van der Waals surface area contributed by atoms with Gasteiger partial charge in [0.15, 0.2) is 0 Å². The molecule has 1 aliphatic carbocycles.